The predicted molar refractivity (Wildman–Crippen MR) is 95.3 cm³/mol. The highest BCUT2D eigenvalue weighted by molar-refractivity contribution is 5.73. The lowest BCUT2D eigenvalue weighted by Crippen LogP contribution is -2.51. The summed E-state index contributed by atoms with van der Waals surface area (Å²) in [6, 6.07) is 8.83. The fourth-order valence-electron chi connectivity index (χ4n) is 3.59. The van der Waals surface area contributed by atoms with Crippen molar-refractivity contribution < 1.29 is 37.3 Å². The van der Waals surface area contributed by atoms with Gasteiger partial charge < -0.3 is 19.3 Å². The van der Waals surface area contributed by atoms with E-state index >= 15 is 0 Å². The van der Waals surface area contributed by atoms with E-state index in [4.69, 9.17) is 24.1 Å². The molecule has 3 rings (SSSR count). The molecule has 1 saturated heterocycles. The van der Waals surface area contributed by atoms with Crippen LogP contribution in [0.3, 0.4) is 0 Å². The highest BCUT2D eigenvalue weighted by Crippen LogP contribution is 2.33. The number of hydrogen-bond acceptors (Lipinski definition) is 5. The van der Waals surface area contributed by atoms with Gasteiger partial charge in [0.05, 0.1) is 25.9 Å². The summed E-state index contributed by atoms with van der Waals surface area (Å²) in [5, 5.41) is 7.12. The van der Waals surface area contributed by atoms with Crippen LogP contribution in [0.5, 0.6) is 5.75 Å². The Kier molecular flexibility index (Phi) is 8.09. The van der Waals surface area contributed by atoms with Crippen molar-refractivity contribution >= 4 is 5.97 Å². The van der Waals surface area contributed by atoms with Crippen LogP contribution in [0, 0.1) is 0 Å². The molecule has 0 radical (unpaired) electrons. The average Bonchev–Trinajstić information content (AvgIpc) is 3.06. The van der Waals surface area contributed by atoms with Crippen LogP contribution in [0.15, 0.2) is 24.3 Å². The normalized spacial score (nSPS) is 24.8. The van der Waals surface area contributed by atoms with E-state index in [1.54, 1.807) is 7.11 Å². The summed E-state index contributed by atoms with van der Waals surface area (Å²) in [5.41, 5.74) is 1.30. The Hall–Kier alpha value is -1.84. The number of alkyl halides is 3. The summed E-state index contributed by atoms with van der Waals surface area (Å²) < 4.78 is 48.9. The monoisotopic (exact) mass is 405 g/mol. The van der Waals surface area contributed by atoms with Crippen LogP contribution in [0.4, 0.5) is 13.2 Å². The SMILES string of the molecule is CCO[C@@H]1CC[C@H]2[C@H]1OCCN2Cc1cccc(OC)c1.O=C(O)C(F)(F)F. The van der Waals surface area contributed by atoms with Crippen molar-refractivity contribution in [2.24, 2.45) is 0 Å². The molecular formula is C19H26F3NO5. The molecule has 158 valence electrons. The van der Waals surface area contributed by atoms with E-state index in [2.05, 4.69) is 30.0 Å². The van der Waals surface area contributed by atoms with Gasteiger partial charge in [-0.05, 0) is 37.5 Å². The first kappa shape index (κ1) is 22.4. The number of rotatable bonds is 5. The van der Waals surface area contributed by atoms with Gasteiger partial charge in [0.2, 0.25) is 0 Å². The van der Waals surface area contributed by atoms with E-state index < -0.39 is 12.1 Å². The van der Waals surface area contributed by atoms with E-state index in [0.29, 0.717) is 6.04 Å². The Balaban J connectivity index is 0.000000345. The minimum absolute atomic E-state index is 0.240. The number of ether oxygens (including phenoxy) is 3. The summed E-state index contributed by atoms with van der Waals surface area (Å²) in [4.78, 5) is 11.4. The Morgan fingerprint density at radius 2 is 2.07 bits per heavy atom. The van der Waals surface area contributed by atoms with Gasteiger partial charge in [0.25, 0.3) is 0 Å². The number of aliphatic carboxylic acids is 1. The molecule has 1 saturated carbocycles. The van der Waals surface area contributed by atoms with E-state index in [-0.39, 0.29) is 12.2 Å². The second-order valence-electron chi connectivity index (χ2n) is 6.60. The van der Waals surface area contributed by atoms with Crippen LogP contribution in [0.2, 0.25) is 0 Å². The lowest BCUT2D eigenvalue weighted by Gasteiger charge is -2.39. The largest absolute Gasteiger partial charge is 0.497 e. The summed E-state index contributed by atoms with van der Waals surface area (Å²) in [7, 11) is 1.72. The van der Waals surface area contributed by atoms with E-state index in [1.165, 1.54) is 12.0 Å². The highest BCUT2D eigenvalue weighted by atomic mass is 19.4. The third-order valence-electron chi connectivity index (χ3n) is 4.79. The van der Waals surface area contributed by atoms with Crippen molar-refractivity contribution in [2.75, 3.05) is 26.9 Å². The van der Waals surface area contributed by atoms with Crippen molar-refractivity contribution in [2.45, 2.75) is 50.7 Å². The van der Waals surface area contributed by atoms with Gasteiger partial charge in [-0.25, -0.2) is 4.79 Å². The smallest absolute Gasteiger partial charge is 0.490 e. The van der Waals surface area contributed by atoms with Gasteiger partial charge in [0, 0.05) is 25.7 Å². The first-order chi connectivity index (χ1) is 13.3. The second-order valence-corrected chi connectivity index (χ2v) is 6.60. The van der Waals surface area contributed by atoms with Crippen LogP contribution in [-0.2, 0) is 20.8 Å². The molecule has 3 atom stereocenters. The van der Waals surface area contributed by atoms with Crippen LogP contribution >= 0.6 is 0 Å². The van der Waals surface area contributed by atoms with Gasteiger partial charge in [0.15, 0.2) is 0 Å². The lowest BCUT2D eigenvalue weighted by molar-refractivity contribution is -0.192. The maximum atomic E-state index is 10.6. The maximum Gasteiger partial charge on any atom is 0.490 e. The number of halogens is 3. The van der Waals surface area contributed by atoms with Gasteiger partial charge in [-0.2, -0.15) is 13.2 Å². The number of fused-ring (bicyclic) bond motifs is 1. The highest BCUT2D eigenvalue weighted by Gasteiger charge is 2.43. The zero-order chi connectivity index (χ0) is 20.7. The third kappa shape index (κ3) is 6.08. The molecule has 1 aliphatic heterocycles. The number of methoxy groups -OCH3 is 1. The molecule has 28 heavy (non-hydrogen) atoms. The Morgan fingerprint density at radius 1 is 1.36 bits per heavy atom. The van der Waals surface area contributed by atoms with Gasteiger partial charge in [-0.15, -0.1) is 0 Å². The first-order valence-corrected chi connectivity index (χ1v) is 9.16. The Bertz CT molecular complexity index is 640. The quantitative estimate of drug-likeness (QED) is 0.812. The molecule has 2 fully saturated rings. The van der Waals surface area contributed by atoms with Crippen molar-refractivity contribution in [3.05, 3.63) is 29.8 Å². The summed E-state index contributed by atoms with van der Waals surface area (Å²) in [6.45, 7) is 5.59. The van der Waals surface area contributed by atoms with Crippen LogP contribution in [-0.4, -0.2) is 67.3 Å². The zero-order valence-electron chi connectivity index (χ0n) is 15.9. The molecule has 1 heterocycles. The molecule has 0 spiro atoms. The fraction of sp³-hybridized carbons (Fsp3) is 0.632. The molecule has 9 heteroatoms. The maximum absolute atomic E-state index is 10.6. The molecule has 1 aromatic carbocycles. The van der Waals surface area contributed by atoms with Gasteiger partial charge in [0.1, 0.15) is 5.75 Å². The van der Waals surface area contributed by atoms with Crippen LogP contribution in [0.1, 0.15) is 25.3 Å². The van der Waals surface area contributed by atoms with Gasteiger partial charge >= 0.3 is 12.1 Å². The number of hydrogen-bond donors (Lipinski definition) is 1. The number of morpholine rings is 1. The molecule has 0 bridgehead atoms. The predicted octanol–water partition coefficient (Wildman–Crippen LogP) is 3.10. The number of carbonyl (C=O) groups is 1. The third-order valence-corrected chi connectivity index (χ3v) is 4.79. The number of nitrogens with zero attached hydrogens (tertiary/aromatic N) is 1. The Labute approximate surface area is 162 Å². The minimum atomic E-state index is -5.08. The van der Waals surface area contributed by atoms with Crippen molar-refractivity contribution in [1.82, 2.24) is 4.90 Å². The molecule has 1 aliphatic carbocycles. The summed E-state index contributed by atoms with van der Waals surface area (Å²) in [6.07, 6.45) is -2.30. The lowest BCUT2D eigenvalue weighted by atomic mass is 10.1. The molecule has 0 aromatic heterocycles. The molecule has 2 aliphatic rings. The molecule has 1 aromatic rings. The summed E-state index contributed by atoms with van der Waals surface area (Å²) in [5.74, 6) is -1.83. The molecular weight excluding hydrogens is 379 g/mol. The van der Waals surface area contributed by atoms with E-state index in [9.17, 15) is 13.2 Å². The minimum Gasteiger partial charge on any atom is -0.497 e. The van der Waals surface area contributed by atoms with E-state index in [1.807, 2.05) is 6.07 Å². The van der Waals surface area contributed by atoms with Crippen LogP contribution in [0.25, 0.3) is 0 Å². The fourth-order valence-corrected chi connectivity index (χ4v) is 3.59. The number of carboxylic acid groups (broad SMARTS) is 1. The Morgan fingerprint density at radius 3 is 2.68 bits per heavy atom. The first-order valence-electron chi connectivity index (χ1n) is 9.16. The topological polar surface area (TPSA) is 68.2 Å². The molecule has 0 amide bonds. The second kappa shape index (κ2) is 10.1. The number of carboxylic acids is 1. The van der Waals surface area contributed by atoms with Crippen molar-refractivity contribution in [3.63, 3.8) is 0 Å². The molecule has 0 unspecified atom stereocenters. The van der Waals surface area contributed by atoms with Gasteiger partial charge in [-0.3, -0.25) is 4.90 Å². The molecule has 1 N–H and O–H groups in total. The standard InChI is InChI=1S/C17H25NO3.C2HF3O2/c1-3-20-16-8-7-15-17(16)21-10-9-18(15)12-13-5-4-6-14(11-13)19-2;3-2(4,5)1(6)7/h4-6,11,15-17H,3,7-10,12H2,1-2H3;(H,6,7)/t15-,16+,17+;/m0./s1. The van der Waals surface area contributed by atoms with E-state index in [0.717, 1.165) is 38.5 Å². The number of benzene rings is 1. The summed E-state index contributed by atoms with van der Waals surface area (Å²) >= 11 is 0. The van der Waals surface area contributed by atoms with Crippen molar-refractivity contribution in [3.8, 4) is 5.75 Å². The van der Waals surface area contributed by atoms with Gasteiger partial charge in [-0.1, -0.05) is 12.1 Å². The van der Waals surface area contributed by atoms with Crippen molar-refractivity contribution in [1.29, 1.82) is 0 Å². The average molecular weight is 405 g/mol. The molecule has 6 nitrogen and oxygen atoms in total. The zero-order valence-corrected chi connectivity index (χ0v) is 15.9. The van der Waals surface area contributed by atoms with Crippen LogP contribution < -0.4 is 4.74 Å².